The number of nitrogens with zero attached hydrogens (tertiary/aromatic N) is 4. The molecular weight excluding hydrogens is 290 g/mol. The Labute approximate surface area is 137 Å². The molecule has 0 saturated heterocycles. The molecule has 1 saturated carbocycles. The predicted octanol–water partition coefficient (Wildman–Crippen LogP) is 2.09. The molecule has 6 heteroatoms. The van der Waals surface area contributed by atoms with Crippen molar-refractivity contribution in [1.82, 2.24) is 4.90 Å². The van der Waals surface area contributed by atoms with Crippen molar-refractivity contribution in [2.24, 2.45) is 21.6 Å². The van der Waals surface area contributed by atoms with Crippen molar-refractivity contribution in [2.45, 2.75) is 46.5 Å². The lowest BCUT2D eigenvalue weighted by Gasteiger charge is -2.45. The van der Waals surface area contributed by atoms with Gasteiger partial charge in [0.05, 0.1) is 11.5 Å². The van der Waals surface area contributed by atoms with Crippen LogP contribution in [0.3, 0.4) is 0 Å². The van der Waals surface area contributed by atoms with Crippen molar-refractivity contribution in [1.29, 1.82) is 10.5 Å². The van der Waals surface area contributed by atoms with E-state index in [0.29, 0.717) is 31.8 Å². The Balaban J connectivity index is 2.73. The third-order valence-corrected chi connectivity index (χ3v) is 5.31. The second kappa shape index (κ2) is 6.04. The molecule has 0 radical (unpaired) electrons. The third-order valence-electron chi connectivity index (χ3n) is 5.31. The number of ketones is 1. The summed E-state index contributed by atoms with van der Waals surface area (Å²) in [7, 11) is 0. The van der Waals surface area contributed by atoms with Crippen LogP contribution in [0.2, 0.25) is 0 Å². The maximum Gasteiger partial charge on any atom is 0.165 e. The van der Waals surface area contributed by atoms with Gasteiger partial charge in [0, 0.05) is 19.5 Å². The Morgan fingerprint density at radius 1 is 1.30 bits per heavy atom. The zero-order valence-corrected chi connectivity index (χ0v) is 14.0. The van der Waals surface area contributed by atoms with Crippen LogP contribution in [0, 0.1) is 33.5 Å². The van der Waals surface area contributed by atoms with Crippen LogP contribution in [0.4, 0.5) is 0 Å². The molecule has 6 nitrogen and oxygen atoms in total. The van der Waals surface area contributed by atoms with Gasteiger partial charge >= 0.3 is 0 Å². The summed E-state index contributed by atoms with van der Waals surface area (Å²) in [6.45, 7) is 6.98. The molecule has 1 heterocycles. The smallest absolute Gasteiger partial charge is 0.165 e. The van der Waals surface area contributed by atoms with Crippen molar-refractivity contribution in [3.8, 4) is 12.1 Å². The van der Waals surface area contributed by atoms with E-state index in [-0.39, 0.29) is 17.2 Å². The van der Waals surface area contributed by atoms with Crippen LogP contribution in [0.5, 0.6) is 0 Å². The Morgan fingerprint density at radius 3 is 2.43 bits per heavy atom. The molecule has 0 aromatic carbocycles. The van der Waals surface area contributed by atoms with Crippen molar-refractivity contribution in [2.75, 3.05) is 13.1 Å². The standard InChI is InChI=1S/C17H23N5O/c1-4-22(5-2)15-17(11-19,12(10-18)14(20)21-15)16(3)9-7-6-8-13(16)23/h4-9,20H2,1-3H3/t16-,17+/m1/s1. The molecule has 1 fully saturated rings. The highest BCUT2D eigenvalue weighted by Crippen LogP contribution is 2.55. The van der Waals surface area contributed by atoms with E-state index in [2.05, 4.69) is 17.1 Å². The highest BCUT2D eigenvalue weighted by atomic mass is 16.1. The number of carbonyl (C=O) groups excluding carboxylic acids is 1. The molecule has 0 aromatic heterocycles. The molecule has 122 valence electrons. The van der Waals surface area contributed by atoms with E-state index >= 15 is 0 Å². The molecule has 2 rings (SSSR count). The predicted molar refractivity (Wildman–Crippen MR) is 86.8 cm³/mol. The van der Waals surface area contributed by atoms with Gasteiger partial charge in [0.15, 0.2) is 5.41 Å². The van der Waals surface area contributed by atoms with Gasteiger partial charge < -0.3 is 10.6 Å². The lowest BCUT2D eigenvalue weighted by molar-refractivity contribution is -0.133. The molecule has 2 atom stereocenters. The van der Waals surface area contributed by atoms with E-state index in [0.717, 1.165) is 12.8 Å². The Hall–Kier alpha value is -2.34. The lowest BCUT2D eigenvalue weighted by atomic mass is 9.55. The number of amidine groups is 1. The van der Waals surface area contributed by atoms with Gasteiger partial charge in [-0.25, -0.2) is 4.99 Å². The molecule has 23 heavy (non-hydrogen) atoms. The quantitative estimate of drug-likeness (QED) is 0.858. The van der Waals surface area contributed by atoms with Gasteiger partial charge in [0.1, 0.15) is 29.1 Å². The first-order chi connectivity index (χ1) is 10.9. The first kappa shape index (κ1) is 17.0. The van der Waals surface area contributed by atoms with Crippen LogP contribution in [-0.2, 0) is 4.79 Å². The fourth-order valence-corrected chi connectivity index (χ4v) is 3.86. The summed E-state index contributed by atoms with van der Waals surface area (Å²) in [5.74, 6) is 0.542. The fraction of sp³-hybridized carbons (Fsp3) is 0.647. The largest absolute Gasteiger partial charge is 0.383 e. The van der Waals surface area contributed by atoms with Crippen LogP contribution in [0.1, 0.15) is 46.5 Å². The molecular formula is C17H23N5O. The van der Waals surface area contributed by atoms with Gasteiger partial charge in [-0.3, -0.25) is 4.79 Å². The summed E-state index contributed by atoms with van der Waals surface area (Å²) >= 11 is 0. The normalized spacial score (nSPS) is 30.7. The van der Waals surface area contributed by atoms with Crippen LogP contribution in [0.25, 0.3) is 0 Å². The van der Waals surface area contributed by atoms with E-state index in [1.807, 2.05) is 18.7 Å². The first-order valence-electron chi connectivity index (χ1n) is 8.11. The summed E-state index contributed by atoms with van der Waals surface area (Å²) in [6, 6.07) is 4.37. The van der Waals surface area contributed by atoms with E-state index in [9.17, 15) is 15.3 Å². The average Bonchev–Trinajstić information content (AvgIpc) is 2.84. The monoisotopic (exact) mass is 313 g/mol. The van der Waals surface area contributed by atoms with Crippen molar-refractivity contribution in [3.05, 3.63) is 11.4 Å². The molecule has 0 bridgehead atoms. The summed E-state index contributed by atoms with van der Waals surface area (Å²) < 4.78 is 0. The number of hydrogen-bond acceptors (Lipinski definition) is 6. The number of nitrogens with two attached hydrogens (primary N) is 1. The molecule has 1 aliphatic heterocycles. The summed E-state index contributed by atoms with van der Waals surface area (Å²) in [4.78, 5) is 19.1. The summed E-state index contributed by atoms with van der Waals surface area (Å²) in [6.07, 6.45) is 2.69. The third kappa shape index (κ3) is 2.13. The van der Waals surface area contributed by atoms with Crippen LogP contribution in [0.15, 0.2) is 16.4 Å². The van der Waals surface area contributed by atoms with Crippen molar-refractivity contribution in [3.63, 3.8) is 0 Å². The molecule has 0 amide bonds. The first-order valence-corrected chi connectivity index (χ1v) is 8.11. The van der Waals surface area contributed by atoms with E-state index in [1.54, 1.807) is 6.92 Å². The van der Waals surface area contributed by atoms with Crippen molar-refractivity contribution < 1.29 is 4.79 Å². The molecule has 0 unspecified atom stereocenters. The molecule has 0 aromatic rings. The molecule has 0 spiro atoms. The molecule has 2 N–H and O–H groups in total. The minimum absolute atomic E-state index is 0.0209. The minimum atomic E-state index is -1.38. The SMILES string of the molecule is CCN(CC)C1=NC(N)=C(C#N)[C@]1(C#N)[C@]1(C)CCCCC1=O. The minimum Gasteiger partial charge on any atom is -0.383 e. The van der Waals surface area contributed by atoms with Gasteiger partial charge in [0.2, 0.25) is 0 Å². The second-order valence-electron chi connectivity index (χ2n) is 6.30. The van der Waals surface area contributed by atoms with E-state index < -0.39 is 10.8 Å². The van der Waals surface area contributed by atoms with Gasteiger partial charge in [-0.15, -0.1) is 0 Å². The lowest BCUT2D eigenvalue weighted by Crippen LogP contribution is -2.55. The Morgan fingerprint density at radius 2 is 1.96 bits per heavy atom. The number of aliphatic imine (C=N–C) groups is 1. The van der Waals surface area contributed by atoms with E-state index in [4.69, 9.17) is 5.73 Å². The average molecular weight is 313 g/mol. The second-order valence-corrected chi connectivity index (χ2v) is 6.30. The number of carbonyl (C=O) groups is 1. The zero-order chi connectivity index (χ0) is 17.3. The number of nitriles is 2. The number of hydrogen-bond donors (Lipinski definition) is 1. The topological polar surface area (TPSA) is 106 Å². The van der Waals surface area contributed by atoms with Gasteiger partial charge in [-0.2, -0.15) is 10.5 Å². The number of rotatable bonds is 3. The fourth-order valence-electron chi connectivity index (χ4n) is 3.86. The van der Waals surface area contributed by atoms with Gasteiger partial charge in [0.25, 0.3) is 0 Å². The highest BCUT2D eigenvalue weighted by Gasteiger charge is 2.63. The highest BCUT2D eigenvalue weighted by molar-refractivity contribution is 6.04. The Bertz CT molecular complexity index is 661. The maximum atomic E-state index is 12.8. The summed E-state index contributed by atoms with van der Waals surface area (Å²) in [5.41, 5.74) is 3.75. The van der Waals surface area contributed by atoms with Crippen molar-refractivity contribution >= 4 is 11.6 Å². The van der Waals surface area contributed by atoms with Crippen LogP contribution < -0.4 is 5.73 Å². The Kier molecular flexibility index (Phi) is 4.47. The van der Waals surface area contributed by atoms with Crippen LogP contribution >= 0.6 is 0 Å². The van der Waals surface area contributed by atoms with Gasteiger partial charge in [-0.1, -0.05) is 13.3 Å². The molecule has 2 aliphatic rings. The number of Topliss-reactive ketones (excluding diaryl/α,β-unsaturated/α-hetero) is 1. The summed E-state index contributed by atoms with van der Waals surface area (Å²) in [5, 5.41) is 19.8. The molecule has 1 aliphatic carbocycles. The van der Waals surface area contributed by atoms with Crippen LogP contribution in [-0.4, -0.2) is 29.6 Å². The van der Waals surface area contributed by atoms with E-state index in [1.165, 1.54) is 0 Å². The zero-order valence-electron chi connectivity index (χ0n) is 14.0. The van der Waals surface area contributed by atoms with Gasteiger partial charge in [-0.05, 0) is 26.7 Å². The maximum absolute atomic E-state index is 12.8.